The maximum Gasteiger partial charge on any atom is 0.250 e. The summed E-state index contributed by atoms with van der Waals surface area (Å²) in [5.74, 6) is 0.721. The van der Waals surface area contributed by atoms with Crippen LogP contribution in [0.4, 0.5) is 0 Å². The molecule has 1 amide bonds. The summed E-state index contributed by atoms with van der Waals surface area (Å²) in [6.45, 7) is 2.48. The number of carbonyl (C=O) groups is 1. The number of ether oxygens (including phenoxy) is 1. The molecule has 0 spiro atoms. The minimum absolute atomic E-state index is 0.209. The van der Waals surface area contributed by atoms with Crippen LogP contribution in [0.3, 0.4) is 0 Å². The lowest BCUT2D eigenvalue weighted by molar-refractivity contribution is -0.118. The summed E-state index contributed by atoms with van der Waals surface area (Å²) in [6.07, 6.45) is 1.57. The third kappa shape index (κ3) is 4.86. The van der Waals surface area contributed by atoms with E-state index in [0.717, 1.165) is 21.1 Å². The fraction of sp³-hybridized carbons (Fsp3) is 0.167. The first-order valence-corrected chi connectivity index (χ1v) is 9.75. The number of rotatable bonds is 7. The van der Waals surface area contributed by atoms with Gasteiger partial charge in [0.2, 0.25) is 0 Å². The van der Waals surface area contributed by atoms with Gasteiger partial charge in [-0.15, -0.1) is 0 Å². The summed E-state index contributed by atoms with van der Waals surface area (Å²) in [6, 6.07) is 13.4. The zero-order chi connectivity index (χ0) is 18.4. The molecule has 0 radical (unpaired) electrons. The topological polar surface area (TPSA) is 79.4 Å². The highest BCUT2D eigenvalue weighted by Gasteiger charge is 2.07. The summed E-state index contributed by atoms with van der Waals surface area (Å²) in [4.78, 5) is 19.6. The molecule has 134 valence electrons. The van der Waals surface area contributed by atoms with Gasteiger partial charge in [-0.2, -0.15) is 5.10 Å². The molecule has 8 heteroatoms. The smallest absolute Gasteiger partial charge is 0.250 e. The lowest BCUT2D eigenvalue weighted by Crippen LogP contribution is -2.19. The molecule has 0 atom stereocenters. The number of imidazole rings is 1. The van der Waals surface area contributed by atoms with Gasteiger partial charge in [0.05, 0.1) is 29.6 Å². The van der Waals surface area contributed by atoms with Crippen LogP contribution in [0.25, 0.3) is 11.0 Å². The van der Waals surface area contributed by atoms with E-state index in [0.29, 0.717) is 17.5 Å². The molecule has 0 saturated carbocycles. The number of para-hydroxylation sites is 2. The Labute approximate surface area is 163 Å². The minimum Gasteiger partial charge on any atom is -0.493 e. The van der Waals surface area contributed by atoms with Gasteiger partial charge in [-0.05, 0) is 37.3 Å². The highest BCUT2D eigenvalue weighted by atomic mass is 79.9. The van der Waals surface area contributed by atoms with Gasteiger partial charge in [-0.3, -0.25) is 4.79 Å². The number of halogens is 1. The minimum atomic E-state index is -0.209. The van der Waals surface area contributed by atoms with Crippen molar-refractivity contribution in [3.63, 3.8) is 0 Å². The maximum absolute atomic E-state index is 12.0. The van der Waals surface area contributed by atoms with Crippen LogP contribution in [0, 0.1) is 0 Å². The fourth-order valence-electron chi connectivity index (χ4n) is 2.24. The predicted octanol–water partition coefficient (Wildman–Crippen LogP) is 3.97. The molecule has 3 aromatic rings. The molecule has 0 fully saturated rings. The largest absolute Gasteiger partial charge is 0.493 e. The monoisotopic (exact) mass is 432 g/mol. The van der Waals surface area contributed by atoms with Crippen LogP contribution in [-0.2, 0) is 4.79 Å². The van der Waals surface area contributed by atoms with Crippen molar-refractivity contribution >= 4 is 50.8 Å². The Morgan fingerprint density at radius 1 is 1.38 bits per heavy atom. The van der Waals surface area contributed by atoms with E-state index in [9.17, 15) is 4.79 Å². The van der Waals surface area contributed by atoms with Crippen molar-refractivity contribution in [2.45, 2.75) is 12.1 Å². The number of aromatic nitrogens is 2. The van der Waals surface area contributed by atoms with E-state index in [1.807, 2.05) is 49.4 Å². The SMILES string of the molecule is CCOc1ccc(Br)cc1/C=N/NC(=O)CSc1nc2ccccc2[nH]1. The number of aromatic amines is 1. The average Bonchev–Trinajstić information content (AvgIpc) is 3.05. The summed E-state index contributed by atoms with van der Waals surface area (Å²) in [5, 5.41) is 4.72. The molecule has 0 aliphatic rings. The number of benzene rings is 2. The molecule has 2 N–H and O–H groups in total. The van der Waals surface area contributed by atoms with Crippen molar-refractivity contribution in [3.8, 4) is 5.75 Å². The van der Waals surface area contributed by atoms with Gasteiger partial charge < -0.3 is 9.72 Å². The molecule has 6 nitrogen and oxygen atoms in total. The summed E-state index contributed by atoms with van der Waals surface area (Å²) in [7, 11) is 0. The van der Waals surface area contributed by atoms with Gasteiger partial charge in [-0.1, -0.05) is 39.8 Å². The first-order valence-electron chi connectivity index (χ1n) is 7.97. The number of carbonyl (C=O) groups excluding carboxylic acids is 1. The molecule has 0 aliphatic carbocycles. The Hall–Kier alpha value is -2.32. The number of nitrogens with one attached hydrogen (secondary N) is 2. The molecular formula is C18H17BrN4O2S. The highest BCUT2D eigenvalue weighted by Crippen LogP contribution is 2.22. The normalized spacial score (nSPS) is 11.2. The molecule has 0 bridgehead atoms. The molecular weight excluding hydrogens is 416 g/mol. The van der Waals surface area contributed by atoms with E-state index < -0.39 is 0 Å². The molecule has 0 aliphatic heterocycles. The van der Waals surface area contributed by atoms with Crippen molar-refractivity contribution in [1.82, 2.24) is 15.4 Å². The number of hydrogen-bond acceptors (Lipinski definition) is 5. The van der Waals surface area contributed by atoms with E-state index in [2.05, 4.69) is 36.4 Å². The van der Waals surface area contributed by atoms with E-state index in [1.54, 1.807) is 6.21 Å². The van der Waals surface area contributed by atoms with Gasteiger partial charge in [-0.25, -0.2) is 10.4 Å². The van der Waals surface area contributed by atoms with E-state index in [-0.39, 0.29) is 11.7 Å². The fourth-order valence-corrected chi connectivity index (χ4v) is 3.30. The molecule has 0 unspecified atom stereocenters. The van der Waals surface area contributed by atoms with Crippen LogP contribution < -0.4 is 10.2 Å². The molecule has 26 heavy (non-hydrogen) atoms. The average molecular weight is 433 g/mol. The number of amides is 1. The van der Waals surface area contributed by atoms with Gasteiger partial charge in [0, 0.05) is 10.0 Å². The third-order valence-corrected chi connectivity index (χ3v) is 4.74. The van der Waals surface area contributed by atoms with Gasteiger partial charge in [0.15, 0.2) is 5.16 Å². The molecule has 1 aromatic heterocycles. The van der Waals surface area contributed by atoms with Gasteiger partial charge in [0.25, 0.3) is 5.91 Å². The lowest BCUT2D eigenvalue weighted by Gasteiger charge is -2.07. The van der Waals surface area contributed by atoms with Crippen molar-refractivity contribution in [3.05, 3.63) is 52.5 Å². The highest BCUT2D eigenvalue weighted by molar-refractivity contribution is 9.10. The Balaban J connectivity index is 1.55. The van der Waals surface area contributed by atoms with Crippen molar-refractivity contribution in [2.75, 3.05) is 12.4 Å². The summed E-state index contributed by atoms with van der Waals surface area (Å²) in [5.41, 5.74) is 5.14. The molecule has 0 saturated heterocycles. The maximum atomic E-state index is 12.0. The Morgan fingerprint density at radius 3 is 3.04 bits per heavy atom. The second-order valence-electron chi connectivity index (χ2n) is 5.26. The Morgan fingerprint density at radius 2 is 2.23 bits per heavy atom. The summed E-state index contributed by atoms with van der Waals surface area (Å²) >= 11 is 4.74. The van der Waals surface area contributed by atoms with E-state index >= 15 is 0 Å². The van der Waals surface area contributed by atoms with Crippen LogP contribution in [0.5, 0.6) is 5.75 Å². The second-order valence-corrected chi connectivity index (χ2v) is 7.14. The van der Waals surface area contributed by atoms with Crippen molar-refractivity contribution in [1.29, 1.82) is 0 Å². The number of hydrogen-bond donors (Lipinski definition) is 2. The third-order valence-electron chi connectivity index (χ3n) is 3.37. The first-order chi connectivity index (χ1) is 12.7. The van der Waals surface area contributed by atoms with Crippen LogP contribution in [-0.4, -0.2) is 34.4 Å². The Kier molecular flexibility index (Phi) is 6.30. The van der Waals surface area contributed by atoms with Gasteiger partial charge in [0.1, 0.15) is 5.75 Å². The van der Waals surface area contributed by atoms with E-state index in [1.165, 1.54) is 11.8 Å². The quantitative estimate of drug-likeness (QED) is 0.336. The summed E-state index contributed by atoms with van der Waals surface area (Å²) < 4.78 is 6.45. The molecule has 2 aromatic carbocycles. The number of thioether (sulfide) groups is 1. The number of H-pyrrole nitrogens is 1. The van der Waals surface area contributed by atoms with Crippen LogP contribution >= 0.6 is 27.7 Å². The number of nitrogens with zero attached hydrogens (tertiary/aromatic N) is 2. The van der Waals surface area contributed by atoms with Crippen LogP contribution in [0.2, 0.25) is 0 Å². The van der Waals surface area contributed by atoms with Gasteiger partial charge >= 0.3 is 0 Å². The lowest BCUT2D eigenvalue weighted by atomic mass is 10.2. The van der Waals surface area contributed by atoms with Crippen molar-refractivity contribution < 1.29 is 9.53 Å². The standard InChI is InChI=1S/C18H17BrN4O2S/c1-2-25-16-8-7-13(19)9-12(16)10-20-23-17(24)11-26-18-21-14-5-3-4-6-15(14)22-18/h3-10H,2,11H2,1H3,(H,21,22)(H,23,24)/b20-10+. The molecule has 3 rings (SSSR count). The van der Waals surface area contributed by atoms with Crippen LogP contribution in [0.1, 0.15) is 12.5 Å². The number of hydrazone groups is 1. The first kappa shape index (κ1) is 18.5. The molecule has 1 heterocycles. The van der Waals surface area contributed by atoms with Crippen LogP contribution in [0.15, 0.2) is 57.2 Å². The number of fused-ring (bicyclic) bond motifs is 1. The Bertz CT molecular complexity index is 909. The van der Waals surface area contributed by atoms with Crippen molar-refractivity contribution in [2.24, 2.45) is 5.10 Å². The second kappa shape index (κ2) is 8.86. The zero-order valence-corrected chi connectivity index (χ0v) is 16.4. The van der Waals surface area contributed by atoms with E-state index in [4.69, 9.17) is 4.74 Å². The zero-order valence-electron chi connectivity index (χ0n) is 14.0. The predicted molar refractivity (Wildman–Crippen MR) is 108 cm³/mol.